The number of Topliss-reactive ketones (excluding diaryl/α,β-unsaturated/α-hetero) is 1. The van der Waals surface area contributed by atoms with Gasteiger partial charge in [0.1, 0.15) is 23.9 Å². The van der Waals surface area contributed by atoms with Crippen LogP contribution in [0.5, 0.6) is 0 Å². The Kier molecular flexibility index (Phi) is 13.4. The van der Waals surface area contributed by atoms with Gasteiger partial charge in [0.2, 0.25) is 5.91 Å². The molecule has 2 aliphatic heterocycles. The van der Waals surface area contributed by atoms with E-state index in [1.165, 1.54) is 20.8 Å². The summed E-state index contributed by atoms with van der Waals surface area (Å²) < 4.78 is 23.9. The van der Waals surface area contributed by atoms with Crippen molar-refractivity contribution < 1.29 is 43.5 Å². The minimum atomic E-state index is -1.91. The summed E-state index contributed by atoms with van der Waals surface area (Å²) in [5, 5.41) is 24.3. The van der Waals surface area contributed by atoms with E-state index in [-0.39, 0.29) is 25.0 Å². The number of hydrogen-bond donors (Lipinski definition) is 4. The predicted octanol–water partition coefficient (Wildman–Crippen LogP) is 0.356. The molecule has 0 aromatic rings. The summed E-state index contributed by atoms with van der Waals surface area (Å²) in [5.41, 5.74) is 3.78. The highest BCUT2D eigenvalue weighted by molar-refractivity contribution is 5.98. The summed E-state index contributed by atoms with van der Waals surface area (Å²) >= 11 is 0. The second kappa shape index (κ2) is 15.5. The quantitative estimate of drug-likeness (QED) is 0.188. The summed E-state index contributed by atoms with van der Waals surface area (Å²) in [6.45, 7) is 8.11. The Morgan fingerprint density at radius 3 is 2.40 bits per heavy atom. The van der Waals surface area contributed by atoms with Crippen molar-refractivity contribution in [1.82, 2.24) is 10.2 Å². The molecule has 10 atom stereocenters. The molecule has 0 bridgehead atoms. The Bertz CT molecular complexity index is 840. The van der Waals surface area contributed by atoms with Crippen LogP contribution in [0, 0.1) is 11.8 Å². The highest BCUT2D eigenvalue weighted by Gasteiger charge is 2.41. The lowest BCUT2D eigenvalue weighted by atomic mass is 9.89. The van der Waals surface area contributed by atoms with Crippen LogP contribution in [0.2, 0.25) is 0 Å². The van der Waals surface area contributed by atoms with Crippen molar-refractivity contribution in [3.63, 3.8) is 0 Å². The molecule has 0 aromatic carbocycles. The zero-order valence-corrected chi connectivity index (χ0v) is 25.1. The Morgan fingerprint density at radius 2 is 1.77 bits per heavy atom. The first-order valence-corrected chi connectivity index (χ1v) is 14.3. The van der Waals surface area contributed by atoms with E-state index in [1.807, 2.05) is 21.0 Å². The lowest BCUT2D eigenvalue weighted by Gasteiger charge is -2.40. The van der Waals surface area contributed by atoms with E-state index in [1.54, 1.807) is 6.92 Å². The number of nitrogens with one attached hydrogen (secondary N) is 1. The summed E-state index contributed by atoms with van der Waals surface area (Å²) in [7, 11) is 4.00. The Morgan fingerprint density at radius 1 is 1.10 bits per heavy atom. The van der Waals surface area contributed by atoms with Gasteiger partial charge in [-0.05, 0) is 67.6 Å². The molecular formula is C28H51N3O9. The number of esters is 1. The first kappa shape index (κ1) is 34.5. The maximum Gasteiger partial charge on any atom is 0.316 e. The first-order chi connectivity index (χ1) is 18.7. The molecule has 2 rings (SSSR count). The number of rotatable bonds is 7. The van der Waals surface area contributed by atoms with Crippen LogP contribution in [0.3, 0.4) is 0 Å². The van der Waals surface area contributed by atoms with Crippen LogP contribution in [0.1, 0.15) is 66.7 Å². The molecule has 2 heterocycles. The van der Waals surface area contributed by atoms with Gasteiger partial charge in [-0.2, -0.15) is 0 Å². The number of aliphatic hydroxyl groups is 2. The maximum absolute atomic E-state index is 13.4. The van der Waals surface area contributed by atoms with Gasteiger partial charge in [-0.25, -0.2) is 0 Å². The molecule has 0 aliphatic carbocycles. The first-order valence-electron chi connectivity index (χ1n) is 14.3. The molecule has 2 aliphatic rings. The van der Waals surface area contributed by atoms with Crippen molar-refractivity contribution in [2.24, 2.45) is 17.6 Å². The number of amides is 1. The van der Waals surface area contributed by atoms with E-state index < -0.39 is 72.3 Å². The average molecular weight is 574 g/mol. The van der Waals surface area contributed by atoms with Gasteiger partial charge in [0, 0.05) is 31.5 Å². The number of ether oxygens (including phenoxy) is 4. The van der Waals surface area contributed by atoms with Crippen LogP contribution >= 0.6 is 0 Å². The second-order valence-electron chi connectivity index (χ2n) is 11.9. The molecular weight excluding hydrogens is 522 g/mol. The second-order valence-corrected chi connectivity index (χ2v) is 11.9. The Labute approximate surface area is 238 Å². The molecule has 2 saturated heterocycles. The third-order valence-corrected chi connectivity index (χ3v) is 7.85. The minimum Gasteiger partial charge on any atom is -0.462 e. The van der Waals surface area contributed by atoms with E-state index in [0.717, 1.165) is 6.42 Å². The highest BCUT2D eigenvalue weighted by Crippen LogP contribution is 2.28. The van der Waals surface area contributed by atoms with Gasteiger partial charge < -0.3 is 45.1 Å². The summed E-state index contributed by atoms with van der Waals surface area (Å²) in [6.07, 6.45) is -1.46. The number of aliphatic hydroxyl groups excluding tert-OH is 1. The fraction of sp³-hybridized carbons (Fsp3) is 0.893. The number of carbonyl (C=O) groups excluding carboxylic acids is 3. The molecule has 2 fully saturated rings. The lowest BCUT2D eigenvalue weighted by Crippen LogP contribution is -2.52. The molecule has 12 nitrogen and oxygen atoms in total. The van der Waals surface area contributed by atoms with Gasteiger partial charge in [0.25, 0.3) is 0 Å². The number of hydrogen-bond acceptors (Lipinski definition) is 11. The molecule has 0 radical (unpaired) electrons. The van der Waals surface area contributed by atoms with Crippen LogP contribution in [0.25, 0.3) is 0 Å². The fourth-order valence-corrected chi connectivity index (χ4v) is 5.09. The largest absolute Gasteiger partial charge is 0.462 e. The molecule has 0 spiro atoms. The zero-order chi connectivity index (χ0) is 30.2. The van der Waals surface area contributed by atoms with Crippen molar-refractivity contribution in [2.75, 3.05) is 33.9 Å². The topological polar surface area (TPSA) is 170 Å². The van der Waals surface area contributed by atoms with Crippen molar-refractivity contribution in [3.8, 4) is 0 Å². The summed E-state index contributed by atoms with van der Waals surface area (Å²) in [4.78, 5) is 41.2. The third kappa shape index (κ3) is 10.0. The fourth-order valence-electron chi connectivity index (χ4n) is 5.09. The van der Waals surface area contributed by atoms with E-state index in [4.69, 9.17) is 24.7 Å². The summed E-state index contributed by atoms with van der Waals surface area (Å²) in [6, 6.07) is -0.214. The smallest absolute Gasteiger partial charge is 0.316 e. The number of nitrogens with two attached hydrogens (primary N) is 1. The summed E-state index contributed by atoms with van der Waals surface area (Å²) in [5.74, 6) is -3.90. The molecule has 1 amide bonds. The zero-order valence-electron chi connectivity index (χ0n) is 25.1. The van der Waals surface area contributed by atoms with Crippen molar-refractivity contribution in [2.45, 2.75) is 115 Å². The van der Waals surface area contributed by atoms with Crippen LogP contribution < -0.4 is 11.1 Å². The maximum atomic E-state index is 13.4. The SMILES string of the molecule is CC1CC(N(C)C)CC(O[C@@H]2CC(=O)C(C)C(=O)OC[C@@](C)(O)C(O)C(C)C(=O)N[C@H](C)CC2OCCCN)O1. The monoisotopic (exact) mass is 573 g/mol. The standard InChI is InChI=1S/C28H51N3O9/c1-16-11-22(37-10-8-9-29)23(40-24-13-20(31(6)7)12-17(2)39-24)14-21(32)18(3)27(35)38-15-28(5,36)25(33)19(4)26(34)30-16/h16-20,22-25,33,36H,8-15,29H2,1-7H3,(H,30,34)/t16-,17?,18?,19?,20?,22?,23-,24?,25?,28-/m1/s1. The van der Waals surface area contributed by atoms with E-state index in [9.17, 15) is 24.6 Å². The number of cyclic esters (lactones) is 1. The van der Waals surface area contributed by atoms with Crippen molar-refractivity contribution in [3.05, 3.63) is 0 Å². The van der Waals surface area contributed by atoms with Gasteiger partial charge in [-0.15, -0.1) is 0 Å². The number of nitrogens with zero attached hydrogens (tertiary/aromatic N) is 1. The van der Waals surface area contributed by atoms with Crippen LogP contribution in [-0.4, -0.2) is 115 Å². The predicted molar refractivity (Wildman–Crippen MR) is 147 cm³/mol. The molecule has 0 aromatic heterocycles. The van der Waals surface area contributed by atoms with Gasteiger partial charge in [0.05, 0.1) is 30.3 Å². The van der Waals surface area contributed by atoms with Crippen molar-refractivity contribution in [1.29, 1.82) is 0 Å². The lowest BCUT2D eigenvalue weighted by molar-refractivity contribution is -0.240. The molecule has 12 heteroatoms. The van der Waals surface area contributed by atoms with Gasteiger partial charge >= 0.3 is 5.97 Å². The van der Waals surface area contributed by atoms with Crippen LogP contribution in [0.4, 0.5) is 0 Å². The van der Waals surface area contributed by atoms with E-state index in [0.29, 0.717) is 26.0 Å². The van der Waals surface area contributed by atoms with E-state index >= 15 is 0 Å². The molecule has 40 heavy (non-hydrogen) atoms. The molecule has 5 N–H and O–H groups in total. The third-order valence-electron chi connectivity index (χ3n) is 7.85. The number of ketones is 1. The minimum absolute atomic E-state index is 0.0615. The molecule has 0 saturated carbocycles. The Hall–Kier alpha value is -1.67. The Balaban J connectivity index is 2.40. The number of carbonyl (C=O) groups is 3. The van der Waals surface area contributed by atoms with Crippen LogP contribution in [-0.2, 0) is 33.3 Å². The van der Waals surface area contributed by atoms with Crippen molar-refractivity contribution >= 4 is 17.7 Å². The van der Waals surface area contributed by atoms with E-state index in [2.05, 4.69) is 10.2 Å². The average Bonchev–Trinajstić information content (AvgIpc) is 2.88. The normalized spacial score (nSPS) is 39.3. The highest BCUT2D eigenvalue weighted by atomic mass is 16.7. The van der Waals surface area contributed by atoms with Gasteiger partial charge in [-0.1, -0.05) is 6.92 Å². The van der Waals surface area contributed by atoms with Gasteiger partial charge in [0.15, 0.2) is 6.29 Å². The van der Waals surface area contributed by atoms with Crippen LogP contribution in [0.15, 0.2) is 0 Å². The molecule has 7 unspecified atom stereocenters. The van der Waals surface area contributed by atoms with Gasteiger partial charge in [-0.3, -0.25) is 14.4 Å². The molecule has 232 valence electrons.